The molecule has 1 amide bonds. The normalized spacial score (nSPS) is 15.9. The number of carbonyl (C=O) groups is 1. The van der Waals surface area contributed by atoms with Gasteiger partial charge in [-0.3, -0.25) is 4.79 Å². The Morgan fingerprint density at radius 3 is 2.46 bits per heavy atom. The molecule has 0 spiro atoms. The van der Waals surface area contributed by atoms with Crippen molar-refractivity contribution in [2.45, 2.75) is 18.3 Å². The Balaban J connectivity index is 1.75. The van der Waals surface area contributed by atoms with Gasteiger partial charge in [-0.25, -0.2) is 0 Å². The van der Waals surface area contributed by atoms with Crippen LogP contribution in [-0.4, -0.2) is 39.9 Å². The van der Waals surface area contributed by atoms with Crippen LogP contribution >= 0.6 is 0 Å². The third-order valence-corrected chi connectivity index (χ3v) is 5.27. The Bertz CT molecular complexity index is 811. The molecule has 0 aromatic heterocycles. The van der Waals surface area contributed by atoms with E-state index in [9.17, 15) is 4.79 Å². The molecule has 28 heavy (non-hydrogen) atoms. The summed E-state index contributed by atoms with van der Waals surface area (Å²) in [5.74, 6) is 1.29. The Morgan fingerprint density at radius 1 is 1.07 bits per heavy atom. The summed E-state index contributed by atoms with van der Waals surface area (Å²) in [4.78, 5) is 12.4. The maximum Gasteiger partial charge on any atom is 0.244 e. The molecule has 0 aliphatic carbocycles. The molecule has 0 atom stereocenters. The van der Waals surface area contributed by atoms with E-state index < -0.39 is 0 Å². The number of methoxy groups -OCH3 is 2. The fourth-order valence-corrected chi connectivity index (χ4v) is 3.55. The van der Waals surface area contributed by atoms with Crippen LogP contribution in [0.4, 0.5) is 0 Å². The second-order valence-corrected chi connectivity index (χ2v) is 6.92. The number of nitrogens with one attached hydrogen (secondary N) is 1. The van der Waals surface area contributed by atoms with E-state index in [0.29, 0.717) is 31.3 Å². The number of carbonyl (C=O) groups excluding carboxylic acids is 1. The Hall–Kier alpha value is -2.79. The first-order valence-electron chi connectivity index (χ1n) is 9.48. The molecule has 1 aliphatic rings. The van der Waals surface area contributed by atoms with Gasteiger partial charge in [0.2, 0.25) is 5.91 Å². The topological polar surface area (TPSA) is 56.8 Å². The monoisotopic (exact) mass is 381 g/mol. The molecular formula is C23H27NO4. The van der Waals surface area contributed by atoms with Gasteiger partial charge in [-0.05, 0) is 42.2 Å². The van der Waals surface area contributed by atoms with Crippen molar-refractivity contribution in [3.05, 3.63) is 65.7 Å². The zero-order chi connectivity index (χ0) is 19.8. The molecule has 2 aromatic rings. The predicted octanol–water partition coefficient (Wildman–Crippen LogP) is 3.58. The summed E-state index contributed by atoms with van der Waals surface area (Å²) in [5.41, 5.74) is 1.94. The SMILES string of the molecule is COc1ccc(C2(CNC(=O)C=Cc3ccccc3)CCOCC2)cc1OC. The minimum absolute atomic E-state index is 0.102. The average Bonchev–Trinajstić information content (AvgIpc) is 2.77. The molecule has 148 valence electrons. The first-order valence-corrected chi connectivity index (χ1v) is 9.48. The fourth-order valence-electron chi connectivity index (χ4n) is 3.55. The van der Waals surface area contributed by atoms with Crippen LogP contribution in [0.3, 0.4) is 0 Å². The zero-order valence-electron chi connectivity index (χ0n) is 16.4. The summed E-state index contributed by atoms with van der Waals surface area (Å²) in [6, 6.07) is 15.8. The van der Waals surface area contributed by atoms with E-state index in [1.54, 1.807) is 20.3 Å². The van der Waals surface area contributed by atoms with Crippen molar-refractivity contribution >= 4 is 12.0 Å². The van der Waals surface area contributed by atoms with Crippen LogP contribution in [-0.2, 0) is 14.9 Å². The third kappa shape index (κ3) is 4.73. The van der Waals surface area contributed by atoms with E-state index in [1.807, 2.05) is 48.5 Å². The summed E-state index contributed by atoms with van der Waals surface area (Å²) in [5, 5.41) is 3.07. The van der Waals surface area contributed by atoms with Crippen LogP contribution < -0.4 is 14.8 Å². The first kappa shape index (κ1) is 20.0. The van der Waals surface area contributed by atoms with Crippen molar-refractivity contribution in [3.63, 3.8) is 0 Å². The van der Waals surface area contributed by atoms with Gasteiger partial charge in [0.25, 0.3) is 0 Å². The van der Waals surface area contributed by atoms with Crippen molar-refractivity contribution in [3.8, 4) is 11.5 Å². The lowest BCUT2D eigenvalue weighted by atomic mass is 9.74. The Morgan fingerprint density at radius 2 is 1.79 bits per heavy atom. The van der Waals surface area contributed by atoms with Crippen molar-refractivity contribution in [2.24, 2.45) is 0 Å². The minimum atomic E-state index is -0.186. The number of hydrogen-bond acceptors (Lipinski definition) is 4. The lowest BCUT2D eigenvalue weighted by molar-refractivity contribution is -0.116. The van der Waals surface area contributed by atoms with Crippen LogP contribution in [0, 0.1) is 0 Å². The largest absolute Gasteiger partial charge is 0.493 e. The molecular weight excluding hydrogens is 354 g/mol. The molecule has 0 saturated carbocycles. The molecule has 3 rings (SSSR count). The van der Waals surface area contributed by atoms with E-state index in [2.05, 4.69) is 11.4 Å². The predicted molar refractivity (Wildman–Crippen MR) is 110 cm³/mol. The Labute approximate surface area is 166 Å². The van der Waals surface area contributed by atoms with Gasteiger partial charge in [-0.1, -0.05) is 36.4 Å². The number of ether oxygens (including phenoxy) is 3. The van der Waals surface area contributed by atoms with Crippen molar-refractivity contribution in [2.75, 3.05) is 34.0 Å². The van der Waals surface area contributed by atoms with E-state index in [0.717, 1.165) is 24.0 Å². The standard InChI is InChI=1S/C23H27NO4/c1-26-20-10-9-19(16-21(20)27-2)23(12-14-28-15-13-23)17-24-22(25)11-8-18-6-4-3-5-7-18/h3-11,16H,12-15,17H2,1-2H3,(H,24,25). The van der Waals surface area contributed by atoms with Gasteiger partial charge in [0.05, 0.1) is 14.2 Å². The van der Waals surface area contributed by atoms with Crippen LogP contribution in [0.5, 0.6) is 11.5 Å². The highest BCUT2D eigenvalue weighted by Gasteiger charge is 2.35. The molecule has 0 unspecified atom stereocenters. The molecule has 5 heteroatoms. The van der Waals surface area contributed by atoms with Crippen molar-refractivity contribution in [1.82, 2.24) is 5.32 Å². The highest BCUT2D eigenvalue weighted by atomic mass is 16.5. The second kappa shape index (κ2) is 9.42. The molecule has 0 radical (unpaired) electrons. The zero-order valence-corrected chi connectivity index (χ0v) is 16.4. The van der Waals surface area contributed by atoms with Gasteiger partial charge in [0, 0.05) is 31.2 Å². The second-order valence-electron chi connectivity index (χ2n) is 6.92. The van der Waals surface area contributed by atoms with Crippen molar-refractivity contribution in [1.29, 1.82) is 0 Å². The van der Waals surface area contributed by atoms with Gasteiger partial charge >= 0.3 is 0 Å². The molecule has 1 saturated heterocycles. The maximum absolute atomic E-state index is 12.4. The van der Waals surface area contributed by atoms with E-state index in [-0.39, 0.29) is 11.3 Å². The van der Waals surface area contributed by atoms with Gasteiger partial charge < -0.3 is 19.5 Å². The summed E-state index contributed by atoms with van der Waals surface area (Å²) < 4.78 is 16.4. The molecule has 1 N–H and O–H groups in total. The highest BCUT2D eigenvalue weighted by molar-refractivity contribution is 5.91. The van der Waals surface area contributed by atoms with Crippen LogP contribution in [0.2, 0.25) is 0 Å². The third-order valence-electron chi connectivity index (χ3n) is 5.27. The lowest BCUT2D eigenvalue weighted by Gasteiger charge is -2.38. The Kier molecular flexibility index (Phi) is 6.71. The smallest absolute Gasteiger partial charge is 0.244 e. The number of hydrogen-bond donors (Lipinski definition) is 1. The number of rotatable bonds is 7. The summed E-state index contributed by atoms with van der Waals surface area (Å²) in [6.45, 7) is 1.89. The lowest BCUT2D eigenvalue weighted by Crippen LogP contribution is -2.44. The minimum Gasteiger partial charge on any atom is -0.493 e. The molecule has 1 aliphatic heterocycles. The molecule has 5 nitrogen and oxygen atoms in total. The highest BCUT2D eigenvalue weighted by Crippen LogP contribution is 2.38. The molecule has 1 fully saturated rings. The number of benzene rings is 2. The van der Waals surface area contributed by atoms with Crippen LogP contribution in [0.25, 0.3) is 6.08 Å². The summed E-state index contributed by atoms with van der Waals surface area (Å²) in [6.07, 6.45) is 5.08. The van der Waals surface area contributed by atoms with Gasteiger partial charge in [0.15, 0.2) is 11.5 Å². The van der Waals surface area contributed by atoms with Gasteiger partial charge in [-0.2, -0.15) is 0 Å². The number of amides is 1. The summed E-state index contributed by atoms with van der Waals surface area (Å²) >= 11 is 0. The fraction of sp³-hybridized carbons (Fsp3) is 0.348. The molecule has 0 bridgehead atoms. The quantitative estimate of drug-likeness (QED) is 0.745. The molecule has 2 aromatic carbocycles. The van der Waals surface area contributed by atoms with Crippen LogP contribution in [0.1, 0.15) is 24.0 Å². The summed E-state index contributed by atoms with van der Waals surface area (Å²) in [7, 11) is 3.26. The van der Waals surface area contributed by atoms with Crippen molar-refractivity contribution < 1.29 is 19.0 Å². The van der Waals surface area contributed by atoms with Crippen LogP contribution in [0.15, 0.2) is 54.6 Å². The van der Waals surface area contributed by atoms with Gasteiger partial charge in [0.1, 0.15) is 0 Å². The van der Waals surface area contributed by atoms with Gasteiger partial charge in [-0.15, -0.1) is 0 Å². The average molecular weight is 381 g/mol. The van der Waals surface area contributed by atoms with E-state index >= 15 is 0 Å². The molecule has 1 heterocycles. The maximum atomic E-state index is 12.4. The van der Waals surface area contributed by atoms with E-state index in [1.165, 1.54) is 0 Å². The van der Waals surface area contributed by atoms with E-state index in [4.69, 9.17) is 14.2 Å². The first-order chi connectivity index (χ1) is 13.7.